The Kier molecular flexibility index (Phi) is 3.39. The lowest BCUT2D eigenvalue weighted by Gasteiger charge is -2.17. The van der Waals surface area contributed by atoms with Gasteiger partial charge < -0.3 is 24.6 Å². The zero-order chi connectivity index (χ0) is 14.4. The maximum Gasteiger partial charge on any atom is 0.164 e. The van der Waals surface area contributed by atoms with Crippen molar-refractivity contribution in [2.75, 3.05) is 6.61 Å². The van der Waals surface area contributed by atoms with Gasteiger partial charge in [0.1, 0.15) is 35.4 Å². The van der Waals surface area contributed by atoms with Gasteiger partial charge in [0.05, 0.1) is 12.0 Å². The summed E-state index contributed by atoms with van der Waals surface area (Å²) in [6.45, 7) is 1.47. The number of fused-ring (bicyclic) bond motifs is 1. The predicted octanol–water partition coefficient (Wildman–Crippen LogP) is 0.00462. The van der Waals surface area contributed by atoms with E-state index in [1.165, 1.54) is 6.33 Å². The summed E-state index contributed by atoms with van der Waals surface area (Å²) in [5, 5.41) is 30.0. The first-order valence-corrected chi connectivity index (χ1v) is 6.52. The molecule has 0 spiro atoms. The Morgan fingerprint density at radius 3 is 2.75 bits per heavy atom. The summed E-state index contributed by atoms with van der Waals surface area (Å²) in [5.41, 5.74) is 1.35. The molecule has 8 heteroatoms. The molecule has 0 amide bonds. The van der Waals surface area contributed by atoms with Crippen molar-refractivity contribution in [3.63, 3.8) is 0 Å². The van der Waals surface area contributed by atoms with Gasteiger partial charge in [0.15, 0.2) is 6.23 Å². The Morgan fingerprint density at radius 2 is 2.10 bits per heavy atom. The fourth-order valence-corrected chi connectivity index (χ4v) is 2.81. The molecule has 0 saturated carbocycles. The van der Waals surface area contributed by atoms with Crippen molar-refractivity contribution in [1.82, 2.24) is 14.5 Å². The van der Waals surface area contributed by atoms with Crippen molar-refractivity contribution in [1.29, 1.82) is 0 Å². The van der Waals surface area contributed by atoms with E-state index in [9.17, 15) is 10.2 Å². The van der Waals surface area contributed by atoms with Gasteiger partial charge in [-0.1, -0.05) is 11.6 Å². The topological polar surface area (TPSA) is 101 Å². The van der Waals surface area contributed by atoms with E-state index in [0.29, 0.717) is 16.2 Å². The summed E-state index contributed by atoms with van der Waals surface area (Å²) >= 11 is 6.05. The van der Waals surface area contributed by atoms with Crippen molar-refractivity contribution < 1.29 is 20.1 Å². The molecule has 0 aromatic carbocycles. The van der Waals surface area contributed by atoms with Gasteiger partial charge >= 0.3 is 0 Å². The van der Waals surface area contributed by atoms with E-state index < -0.39 is 24.5 Å². The second-order valence-electron chi connectivity index (χ2n) is 4.81. The number of aliphatic hydroxyl groups excluding tert-OH is 3. The van der Waals surface area contributed by atoms with E-state index in [4.69, 9.17) is 21.4 Å². The van der Waals surface area contributed by atoms with Gasteiger partial charge in [-0.3, -0.25) is 0 Å². The third kappa shape index (κ3) is 1.90. The van der Waals surface area contributed by atoms with Crippen LogP contribution in [0.1, 0.15) is 11.8 Å². The summed E-state index contributed by atoms with van der Waals surface area (Å²) in [6.07, 6.45) is -0.918. The minimum atomic E-state index is -1.16. The number of aromatic nitrogens is 3. The van der Waals surface area contributed by atoms with Gasteiger partial charge in [-0.15, -0.1) is 0 Å². The van der Waals surface area contributed by atoms with Gasteiger partial charge in [-0.25, -0.2) is 9.97 Å². The normalized spacial score (nSPS) is 30.2. The first-order valence-electron chi connectivity index (χ1n) is 6.14. The molecule has 1 fully saturated rings. The van der Waals surface area contributed by atoms with Crippen LogP contribution in [0.15, 0.2) is 12.5 Å². The molecule has 3 heterocycles. The second kappa shape index (κ2) is 4.94. The number of hydrogen-bond donors (Lipinski definition) is 3. The maximum atomic E-state index is 10.1. The summed E-state index contributed by atoms with van der Waals surface area (Å²) in [4.78, 5) is 8.07. The molecule has 1 aliphatic heterocycles. The quantitative estimate of drug-likeness (QED) is 0.675. The molecule has 4 atom stereocenters. The first kappa shape index (κ1) is 13.7. The van der Waals surface area contributed by atoms with E-state index >= 15 is 0 Å². The van der Waals surface area contributed by atoms with Crippen molar-refractivity contribution in [3.05, 3.63) is 23.2 Å². The lowest BCUT2D eigenvalue weighted by molar-refractivity contribution is -0.0509. The highest BCUT2D eigenvalue weighted by Crippen LogP contribution is 2.34. The first-order chi connectivity index (χ1) is 9.54. The Morgan fingerprint density at radius 1 is 1.35 bits per heavy atom. The van der Waals surface area contributed by atoms with Gasteiger partial charge in [-0.05, 0) is 12.5 Å². The Balaban J connectivity index is 2.10. The third-order valence-corrected chi connectivity index (χ3v) is 3.83. The van der Waals surface area contributed by atoms with Crippen LogP contribution in [-0.4, -0.2) is 54.8 Å². The summed E-state index contributed by atoms with van der Waals surface area (Å²) in [7, 11) is 0. The SMILES string of the molecule is Cc1cn(C2OC(CO)[C@@H](O)[C@H]2O)c2ncnc(Cl)c12. The van der Waals surface area contributed by atoms with Crippen LogP contribution in [0, 0.1) is 6.92 Å². The third-order valence-electron chi connectivity index (χ3n) is 3.54. The fraction of sp³-hybridized carbons (Fsp3) is 0.500. The van der Waals surface area contributed by atoms with Gasteiger partial charge in [0.2, 0.25) is 0 Å². The maximum absolute atomic E-state index is 10.1. The van der Waals surface area contributed by atoms with Crippen LogP contribution in [0.5, 0.6) is 0 Å². The summed E-state index contributed by atoms with van der Waals surface area (Å²) in [5.74, 6) is 0. The molecule has 3 N–H and O–H groups in total. The van der Waals surface area contributed by atoms with Crippen molar-refractivity contribution in [2.45, 2.75) is 31.5 Å². The Labute approximate surface area is 119 Å². The van der Waals surface area contributed by atoms with Crippen LogP contribution in [0.4, 0.5) is 0 Å². The molecule has 2 unspecified atom stereocenters. The molecule has 7 nitrogen and oxygen atoms in total. The molecule has 20 heavy (non-hydrogen) atoms. The Bertz CT molecular complexity index is 647. The van der Waals surface area contributed by atoms with E-state index in [2.05, 4.69) is 9.97 Å². The number of nitrogens with zero attached hydrogens (tertiary/aromatic N) is 3. The molecule has 0 radical (unpaired) electrons. The zero-order valence-corrected chi connectivity index (χ0v) is 11.4. The van der Waals surface area contributed by atoms with Crippen LogP contribution in [-0.2, 0) is 4.74 Å². The van der Waals surface area contributed by atoms with E-state index in [0.717, 1.165) is 5.56 Å². The molecule has 1 saturated heterocycles. The number of aliphatic hydroxyl groups is 3. The molecule has 0 bridgehead atoms. The van der Waals surface area contributed by atoms with Crippen LogP contribution in [0.25, 0.3) is 11.0 Å². The molecule has 0 aliphatic carbocycles. The predicted molar refractivity (Wildman–Crippen MR) is 70.3 cm³/mol. The number of hydrogen-bond acceptors (Lipinski definition) is 6. The van der Waals surface area contributed by atoms with Crippen molar-refractivity contribution in [3.8, 4) is 0 Å². The number of halogens is 1. The smallest absolute Gasteiger partial charge is 0.164 e. The average molecular weight is 300 g/mol. The number of ether oxygens (including phenoxy) is 1. The summed E-state index contributed by atoms with van der Waals surface area (Å²) < 4.78 is 7.09. The summed E-state index contributed by atoms with van der Waals surface area (Å²) in [6, 6.07) is 0. The lowest BCUT2D eigenvalue weighted by atomic mass is 10.1. The largest absolute Gasteiger partial charge is 0.394 e. The van der Waals surface area contributed by atoms with Crippen LogP contribution in [0.3, 0.4) is 0 Å². The zero-order valence-electron chi connectivity index (χ0n) is 10.6. The van der Waals surface area contributed by atoms with E-state index in [1.54, 1.807) is 10.8 Å². The van der Waals surface area contributed by atoms with E-state index in [-0.39, 0.29) is 6.61 Å². The highest BCUT2D eigenvalue weighted by Gasteiger charge is 2.43. The van der Waals surface area contributed by atoms with Gasteiger partial charge in [-0.2, -0.15) is 0 Å². The average Bonchev–Trinajstić information content (AvgIpc) is 2.90. The standard InChI is InChI=1S/C12H14ClN3O4/c1-5-2-16(11-7(5)10(13)14-4-15-11)12-9(19)8(18)6(3-17)20-12/h2,4,6,8-9,12,17-19H,3H2,1H3/t6?,8-,9-,12?/m1/s1. The van der Waals surface area contributed by atoms with Gasteiger partial charge in [0, 0.05) is 6.20 Å². The number of aryl methyl sites for hydroxylation is 1. The monoisotopic (exact) mass is 299 g/mol. The highest BCUT2D eigenvalue weighted by atomic mass is 35.5. The van der Waals surface area contributed by atoms with E-state index in [1.807, 2.05) is 6.92 Å². The lowest BCUT2D eigenvalue weighted by Crippen LogP contribution is -2.33. The van der Waals surface area contributed by atoms with Crippen LogP contribution < -0.4 is 0 Å². The molecule has 1 aliphatic rings. The number of rotatable bonds is 2. The molecular formula is C12H14ClN3O4. The molecule has 3 rings (SSSR count). The second-order valence-corrected chi connectivity index (χ2v) is 5.17. The molecule has 108 valence electrons. The minimum absolute atomic E-state index is 0.318. The fourth-order valence-electron chi connectivity index (χ4n) is 2.53. The Hall–Kier alpha value is -1.25. The van der Waals surface area contributed by atoms with Gasteiger partial charge in [0.25, 0.3) is 0 Å². The van der Waals surface area contributed by atoms with Crippen molar-refractivity contribution >= 4 is 22.6 Å². The minimum Gasteiger partial charge on any atom is -0.394 e. The van der Waals surface area contributed by atoms with Crippen molar-refractivity contribution in [2.24, 2.45) is 0 Å². The molecular weight excluding hydrogens is 286 g/mol. The van der Waals surface area contributed by atoms with Crippen LogP contribution in [0.2, 0.25) is 5.15 Å². The highest BCUT2D eigenvalue weighted by molar-refractivity contribution is 6.34. The molecule has 2 aromatic heterocycles. The molecule has 2 aromatic rings. The van der Waals surface area contributed by atoms with Crippen LogP contribution >= 0.6 is 11.6 Å².